The van der Waals surface area contributed by atoms with Gasteiger partial charge < -0.3 is 4.90 Å². The van der Waals surface area contributed by atoms with E-state index in [1.807, 2.05) is 11.0 Å². The van der Waals surface area contributed by atoms with E-state index in [1.165, 1.54) is 0 Å². The number of carbonyl (C=O) groups excluding carboxylic acids is 1. The van der Waals surface area contributed by atoms with E-state index in [0.29, 0.717) is 6.04 Å². The first-order valence-electron chi connectivity index (χ1n) is 6.30. The molecule has 1 amide bonds. The number of hydrogen-bond acceptors (Lipinski definition) is 3. The van der Waals surface area contributed by atoms with Crippen molar-refractivity contribution in [1.82, 2.24) is 10.4 Å². The van der Waals surface area contributed by atoms with E-state index in [2.05, 4.69) is 24.2 Å². The molecular formula is C13H18N2O2. The average molecular weight is 234 g/mol. The number of likely N-dealkylation sites (tertiary alicyclic amines) is 1. The molecule has 0 aromatic heterocycles. The van der Waals surface area contributed by atoms with E-state index in [0.717, 1.165) is 25.8 Å². The highest BCUT2D eigenvalue weighted by Gasteiger charge is 2.50. The third-order valence-corrected chi connectivity index (χ3v) is 4.02. The van der Waals surface area contributed by atoms with Crippen LogP contribution in [0.3, 0.4) is 0 Å². The zero-order chi connectivity index (χ0) is 11.8. The Morgan fingerprint density at radius 2 is 2.41 bits per heavy atom. The minimum Gasteiger partial charge on any atom is -0.337 e. The second-order valence-electron chi connectivity index (χ2n) is 5.01. The number of hydroxylamine groups is 1. The lowest BCUT2D eigenvalue weighted by Crippen LogP contribution is -2.71. The fraction of sp³-hybridized carbons (Fsp3) is 0.615. The van der Waals surface area contributed by atoms with E-state index in [4.69, 9.17) is 4.84 Å². The van der Waals surface area contributed by atoms with Gasteiger partial charge in [0.25, 0.3) is 0 Å². The highest BCUT2D eigenvalue weighted by atomic mass is 16.7. The molecule has 1 N–H and O–H groups in total. The summed E-state index contributed by atoms with van der Waals surface area (Å²) in [4.78, 5) is 19.6. The standard InChI is InChI=1S/C13H18N2O2/c1-2-9-8-15(10-6-4-3-5-7-10)13(16)11-12(9)17-14-11/h2-4,9-12,14H,1,5-8H2. The molecule has 0 aromatic rings. The minimum absolute atomic E-state index is 0.00428. The second-order valence-corrected chi connectivity index (χ2v) is 5.01. The Bertz CT molecular complexity index is 364. The smallest absolute Gasteiger partial charge is 0.245 e. The summed E-state index contributed by atoms with van der Waals surface area (Å²) in [6, 6.07) is 0.205. The number of allylic oxidation sites excluding steroid dienone is 1. The SMILES string of the molecule is C=CC1CN(C2CC=CCC2)C(=O)C2NOC12. The van der Waals surface area contributed by atoms with Crippen LogP contribution in [0.1, 0.15) is 19.3 Å². The van der Waals surface area contributed by atoms with E-state index in [9.17, 15) is 4.79 Å². The Balaban J connectivity index is 1.77. The summed E-state index contributed by atoms with van der Waals surface area (Å²) in [5.41, 5.74) is 2.77. The Morgan fingerprint density at radius 1 is 1.53 bits per heavy atom. The molecule has 0 bridgehead atoms. The van der Waals surface area contributed by atoms with Crippen LogP contribution in [-0.2, 0) is 9.63 Å². The van der Waals surface area contributed by atoms with Crippen LogP contribution in [0.5, 0.6) is 0 Å². The molecule has 4 nitrogen and oxygen atoms in total. The number of nitrogens with one attached hydrogen (secondary N) is 1. The van der Waals surface area contributed by atoms with Crippen molar-refractivity contribution in [2.24, 2.45) is 5.92 Å². The molecule has 92 valence electrons. The van der Waals surface area contributed by atoms with Gasteiger partial charge in [-0.25, -0.2) is 0 Å². The van der Waals surface area contributed by atoms with Gasteiger partial charge in [-0.05, 0) is 19.3 Å². The van der Waals surface area contributed by atoms with E-state index in [-0.39, 0.29) is 24.0 Å². The van der Waals surface area contributed by atoms with Crippen LogP contribution < -0.4 is 5.48 Å². The van der Waals surface area contributed by atoms with Gasteiger partial charge in [-0.1, -0.05) is 18.2 Å². The highest BCUT2D eigenvalue weighted by molar-refractivity contribution is 5.84. The van der Waals surface area contributed by atoms with Crippen LogP contribution in [0.4, 0.5) is 0 Å². The molecule has 2 fully saturated rings. The minimum atomic E-state index is -0.155. The summed E-state index contributed by atoms with van der Waals surface area (Å²) in [5, 5.41) is 0. The first-order valence-corrected chi connectivity index (χ1v) is 6.30. The molecule has 2 heterocycles. The lowest BCUT2D eigenvalue weighted by Gasteiger charge is -2.50. The van der Waals surface area contributed by atoms with Crippen molar-refractivity contribution < 1.29 is 9.63 Å². The molecule has 0 aromatic carbocycles. The maximum atomic E-state index is 12.3. The topological polar surface area (TPSA) is 41.6 Å². The molecule has 3 rings (SSSR count). The molecule has 2 saturated heterocycles. The van der Waals surface area contributed by atoms with Crippen LogP contribution in [-0.4, -0.2) is 35.5 Å². The Labute approximate surface area is 101 Å². The van der Waals surface area contributed by atoms with E-state index >= 15 is 0 Å². The van der Waals surface area contributed by atoms with Crippen LogP contribution in [0.25, 0.3) is 0 Å². The van der Waals surface area contributed by atoms with Crippen molar-refractivity contribution >= 4 is 5.91 Å². The van der Waals surface area contributed by atoms with Gasteiger partial charge in [-0.15, -0.1) is 6.58 Å². The maximum absolute atomic E-state index is 12.3. The molecule has 3 aliphatic rings. The summed E-state index contributed by atoms with van der Waals surface area (Å²) in [7, 11) is 0. The maximum Gasteiger partial charge on any atom is 0.245 e. The molecule has 4 atom stereocenters. The molecule has 17 heavy (non-hydrogen) atoms. The van der Waals surface area contributed by atoms with Crippen LogP contribution >= 0.6 is 0 Å². The van der Waals surface area contributed by atoms with Gasteiger partial charge in [-0.3, -0.25) is 9.63 Å². The van der Waals surface area contributed by atoms with Gasteiger partial charge in [0.15, 0.2) is 0 Å². The number of hydrogen-bond donors (Lipinski definition) is 1. The van der Waals surface area contributed by atoms with Gasteiger partial charge in [-0.2, -0.15) is 5.48 Å². The Hall–Kier alpha value is -1.13. The van der Waals surface area contributed by atoms with E-state index in [1.54, 1.807) is 0 Å². The summed E-state index contributed by atoms with van der Waals surface area (Å²) in [6.07, 6.45) is 9.42. The van der Waals surface area contributed by atoms with Crippen molar-refractivity contribution in [2.45, 2.75) is 37.5 Å². The number of carbonyl (C=O) groups is 1. The molecule has 1 aliphatic carbocycles. The predicted molar refractivity (Wildman–Crippen MR) is 64.0 cm³/mol. The molecule has 0 radical (unpaired) electrons. The third-order valence-electron chi connectivity index (χ3n) is 4.02. The number of fused-ring (bicyclic) bond motifs is 1. The van der Waals surface area contributed by atoms with Gasteiger partial charge in [0.2, 0.25) is 5.91 Å². The molecule has 0 saturated carbocycles. The highest BCUT2D eigenvalue weighted by Crippen LogP contribution is 2.31. The Morgan fingerprint density at radius 3 is 3.00 bits per heavy atom. The number of piperidine rings is 1. The van der Waals surface area contributed by atoms with Gasteiger partial charge in [0, 0.05) is 18.5 Å². The van der Waals surface area contributed by atoms with Crippen molar-refractivity contribution in [3.05, 3.63) is 24.8 Å². The third kappa shape index (κ3) is 1.72. The van der Waals surface area contributed by atoms with Crippen LogP contribution in [0, 0.1) is 5.92 Å². The fourth-order valence-corrected chi connectivity index (χ4v) is 2.94. The lowest BCUT2D eigenvalue weighted by molar-refractivity contribution is -0.215. The van der Waals surface area contributed by atoms with E-state index < -0.39 is 0 Å². The van der Waals surface area contributed by atoms with Gasteiger partial charge in [0.05, 0.1) is 0 Å². The quantitative estimate of drug-likeness (QED) is 0.725. The number of rotatable bonds is 2. The lowest BCUT2D eigenvalue weighted by atomic mass is 9.86. The normalized spacial score (nSPS) is 40.7. The largest absolute Gasteiger partial charge is 0.337 e. The molecule has 4 heteroatoms. The van der Waals surface area contributed by atoms with Crippen molar-refractivity contribution in [1.29, 1.82) is 0 Å². The van der Waals surface area contributed by atoms with Crippen LogP contribution in [0.15, 0.2) is 24.8 Å². The van der Waals surface area contributed by atoms with Crippen LogP contribution in [0.2, 0.25) is 0 Å². The molecular weight excluding hydrogens is 216 g/mol. The summed E-state index contributed by atoms with van der Waals surface area (Å²) < 4.78 is 0. The number of amides is 1. The Kier molecular flexibility index (Phi) is 2.76. The van der Waals surface area contributed by atoms with Crippen molar-refractivity contribution in [3.8, 4) is 0 Å². The summed E-state index contributed by atoms with van der Waals surface area (Å²) in [5.74, 6) is 0.449. The van der Waals surface area contributed by atoms with Crippen molar-refractivity contribution in [2.75, 3.05) is 6.54 Å². The van der Waals surface area contributed by atoms with Gasteiger partial charge in [0.1, 0.15) is 12.1 Å². The first kappa shape index (κ1) is 11.0. The fourth-order valence-electron chi connectivity index (χ4n) is 2.94. The average Bonchev–Trinajstić information content (AvgIpc) is 2.32. The zero-order valence-electron chi connectivity index (χ0n) is 9.84. The monoisotopic (exact) mass is 234 g/mol. The van der Waals surface area contributed by atoms with Crippen molar-refractivity contribution in [3.63, 3.8) is 0 Å². The number of nitrogens with zero attached hydrogens (tertiary/aromatic N) is 1. The predicted octanol–water partition coefficient (Wildman–Crippen LogP) is 1.01. The first-order chi connectivity index (χ1) is 8.31. The second kappa shape index (κ2) is 4.27. The molecule has 4 unspecified atom stereocenters. The summed E-state index contributed by atoms with van der Waals surface area (Å²) >= 11 is 0. The molecule has 2 aliphatic heterocycles. The summed E-state index contributed by atoms with van der Waals surface area (Å²) in [6.45, 7) is 4.60. The zero-order valence-corrected chi connectivity index (χ0v) is 9.84. The molecule has 0 spiro atoms. The van der Waals surface area contributed by atoms with Gasteiger partial charge >= 0.3 is 0 Å².